The van der Waals surface area contributed by atoms with Gasteiger partial charge in [0.2, 0.25) is 0 Å². The van der Waals surface area contributed by atoms with Crippen LogP contribution in [0.5, 0.6) is 0 Å². The van der Waals surface area contributed by atoms with Gasteiger partial charge in [-0.05, 0) is 240 Å². The Morgan fingerprint density at radius 1 is 0.476 bits per heavy atom. The van der Waals surface area contributed by atoms with E-state index < -0.39 is 110 Å². The minimum absolute atomic E-state index is 0.0318. The van der Waals surface area contributed by atoms with Crippen LogP contribution in [0.3, 0.4) is 0 Å². The molecular formula is C107H156N13O25PSi. The van der Waals surface area contributed by atoms with Gasteiger partial charge in [0.25, 0.3) is 57.3 Å². The molecule has 0 bridgehead atoms. The van der Waals surface area contributed by atoms with Gasteiger partial charge < -0.3 is 35.2 Å². The molecule has 0 spiro atoms. The molecule has 38 nitrogen and oxygen atoms in total. The quantitative estimate of drug-likeness (QED) is 0.0102. The molecule has 4 aromatic carbocycles. The van der Waals surface area contributed by atoms with E-state index in [0.29, 0.717) is 78.2 Å². The van der Waals surface area contributed by atoms with E-state index in [1.54, 1.807) is 235 Å². The van der Waals surface area contributed by atoms with Crippen molar-refractivity contribution in [3.8, 4) is 0 Å². The van der Waals surface area contributed by atoms with E-state index in [2.05, 4.69) is 110 Å². The van der Waals surface area contributed by atoms with Crippen LogP contribution in [0, 0.1) is 58.3 Å². The summed E-state index contributed by atoms with van der Waals surface area (Å²) < 4.78 is 40.9. The summed E-state index contributed by atoms with van der Waals surface area (Å²) in [6.07, 6.45) is 12.3. The average Bonchev–Trinajstić information content (AvgIpc) is 0.781. The molecule has 5 aromatic heterocycles. The molecule has 9 rings (SSSR count). The smallest absolute Gasteiger partial charge is 0.373 e. The molecule has 0 aliphatic carbocycles. The first kappa shape index (κ1) is 132. The number of methoxy groups -OCH3 is 1. The number of carbonyl (C=O) groups excluding carboxylic acids is 8. The highest BCUT2D eigenvalue weighted by Crippen LogP contribution is 2.37. The number of nitrogens with two attached hydrogens (primary N) is 1. The van der Waals surface area contributed by atoms with Gasteiger partial charge in [0.1, 0.15) is 0 Å². The summed E-state index contributed by atoms with van der Waals surface area (Å²) in [5, 5.41) is 24.4. The van der Waals surface area contributed by atoms with E-state index in [-0.39, 0.29) is 106 Å². The molecule has 5 heterocycles. The summed E-state index contributed by atoms with van der Waals surface area (Å²) in [6.45, 7) is 55.0. The number of allylic oxidation sites excluding steroid dienone is 1. The largest absolute Gasteiger partial charge is 0.415 e. The van der Waals surface area contributed by atoms with Crippen molar-refractivity contribution >= 4 is 58.7 Å². The van der Waals surface area contributed by atoms with Gasteiger partial charge in [-0.15, -0.1) is 0 Å². The van der Waals surface area contributed by atoms with Crippen LogP contribution in [0.15, 0.2) is 212 Å². The number of aliphatic hydroxyl groups excluding tert-OH is 2. The fourth-order valence-corrected chi connectivity index (χ4v) is 15.8. The third-order valence-corrected chi connectivity index (χ3v) is 27.7. The molecule has 0 saturated carbocycles. The second-order valence-corrected chi connectivity index (χ2v) is 44.5. The van der Waals surface area contributed by atoms with Gasteiger partial charge >= 0.3 is 49.3 Å². The third-order valence-electron chi connectivity index (χ3n) is 22.8. The lowest BCUT2D eigenvalue weighted by Gasteiger charge is -2.37. The lowest BCUT2D eigenvalue weighted by atomic mass is 10.1. The zero-order chi connectivity index (χ0) is 113. The highest BCUT2D eigenvalue weighted by Gasteiger charge is 2.38. The summed E-state index contributed by atoms with van der Waals surface area (Å²) in [5.41, 5.74) is 3.02. The number of rotatable bonds is 31. The summed E-state index contributed by atoms with van der Waals surface area (Å²) in [6, 6.07) is 31.6. The maximum absolute atomic E-state index is 13.0. The highest BCUT2D eigenvalue weighted by molar-refractivity contribution is 7.17. The highest BCUT2D eigenvalue weighted by atomic mass is 31.1. The van der Waals surface area contributed by atoms with Crippen LogP contribution < -0.4 is 72.6 Å². The second kappa shape index (κ2) is 64.9. The molecular weight excluding hydrogens is 1930 g/mol. The molecule has 7 N–H and O–H groups in total. The number of ether oxygens (including phenoxy) is 2. The average molecular weight is 2080 g/mol. The first-order valence-corrected chi connectivity index (χ1v) is 52.3. The SMILES string of the molecule is C/C=C(\C)C(=O)NC(=O)NC(C)CC(C)C.CC(C)CC(C)N.COC.Cc1cn(C(C)CC(C)C)c(=O)[nH]c1=O.Cc1cn(C(C)CC(C)C)c(=O)n(C(=O)c2ccccc2)c1=O.Cc1cn(C(C)CC(C)O)c(=O)n(C(=O)c2ccccc2)c1=O.Cc1cn(C(C)CC(C)OC(C)OP=O)c(=O)n(C(=O)c2ccccc2)c1=O.Cc1cn(C(CO)CO[Si](C)(C)C(C)(C)C)c(=O)n(C(=O)c2ccccc2)c1=O.O=C=O. The van der Waals surface area contributed by atoms with Gasteiger partial charge in [-0.3, -0.25) is 85.6 Å². The van der Waals surface area contributed by atoms with Crippen LogP contribution in [0.4, 0.5) is 4.79 Å². The molecule has 808 valence electrons. The summed E-state index contributed by atoms with van der Waals surface area (Å²) in [7, 11) is 0.665. The Morgan fingerprint density at radius 3 is 1.06 bits per heavy atom. The molecule has 40 heteroatoms. The number of aliphatic hydroxyl groups is 2. The van der Waals surface area contributed by atoms with Crippen LogP contribution in [0.1, 0.15) is 290 Å². The van der Waals surface area contributed by atoms with E-state index in [0.717, 1.165) is 36.2 Å². The van der Waals surface area contributed by atoms with Crippen LogP contribution in [0.2, 0.25) is 18.1 Å². The molecule has 10 unspecified atom stereocenters. The predicted octanol–water partition coefficient (Wildman–Crippen LogP) is 14.2. The van der Waals surface area contributed by atoms with Crippen molar-refractivity contribution in [1.82, 2.24) is 56.7 Å². The van der Waals surface area contributed by atoms with E-state index in [4.69, 9.17) is 29.0 Å². The van der Waals surface area contributed by atoms with Crippen LogP contribution >= 0.6 is 8.69 Å². The number of urea groups is 1. The summed E-state index contributed by atoms with van der Waals surface area (Å²) in [4.78, 5) is 216. The Kier molecular flexibility index (Phi) is 58.3. The van der Waals surface area contributed by atoms with Crippen LogP contribution in [-0.4, -0.2) is 164 Å². The van der Waals surface area contributed by atoms with Crippen LogP contribution in [0.25, 0.3) is 0 Å². The van der Waals surface area contributed by atoms with E-state index in [1.807, 2.05) is 27.7 Å². The number of hydrogen-bond acceptors (Lipinski definition) is 26. The molecule has 3 amide bonds. The Hall–Kier alpha value is -12.9. The minimum atomic E-state index is -2.11. The maximum Gasteiger partial charge on any atom is 0.373 e. The van der Waals surface area contributed by atoms with Gasteiger partial charge in [0.05, 0.1) is 31.5 Å². The van der Waals surface area contributed by atoms with Crippen molar-refractivity contribution in [3.63, 3.8) is 0 Å². The number of imide groups is 1. The van der Waals surface area contributed by atoms with Crippen molar-refractivity contribution in [2.75, 3.05) is 27.4 Å². The number of aryl methyl sites for hydroxylation is 5. The predicted molar refractivity (Wildman–Crippen MR) is 572 cm³/mol. The van der Waals surface area contributed by atoms with Gasteiger partial charge in [0, 0.05) is 137 Å². The number of aromatic nitrogens is 10. The van der Waals surface area contributed by atoms with Gasteiger partial charge in [-0.1, -0.05) is 155 Å². The first-order chi connectivity index (χ1) is 68.5. The zero-order valence-electron chi connectivity index (χ0n) is 91.1. The number of H-pyrrole nitrogens is 1. The number of hydrogen-bond donors (Lipinski definition) is 6. The summed E-state index contributed by atoms with van der Waals surface area (Å²) in [5.74, 6) is -0.750. The van der Waals surface area contributed by atoms with Crippen molar-refractivity contribution in [2.24, 2.45) is 29.4 Å². The van der Waals surface area contributed by atoms with Gasteiger partial charge in [-0.25, -0.2) is 33.3 Å². The number of aromatic amines is 1. The third kappa shape index (κ3) is 43.6. The molecule has 0 radical (unpaired) electrons. The van der Waals surface area contributed by atoms with Crippen molar-refractivity contribution in [2.45, 2.75) is 304 Å². The normalized spacial score (nSPS) is 13.2. The number of benzene rings is 4. The maximum atomic E-state index is 13.0. The van der Waals surface area contributed by atoms with Crippen LogP contribution in [-0.2, 0) is 37.4 Å². The van der Waals surface area contributed by atoms with Crippen molar-refractivity contribution in [3.05, 3.63) is 318 Å². The van der Waals surface area contributed by atoms with E-state index in [1.165, 1.54) is 43.8 Å². The molecule has 147 heavy (non-hydrogen) atoms. The molecule has 0 aliphatic rings. The summed E-state index contributed by atoms with van der Waals surface area (Å²) >= 11 is 0. The molecule has 0 saturated heterocycles. The monoisotopic (exact) mass is 2080 g/mol. The minimum Gasteiger partial charge on any atom is -0.415 e. The molecule has 9 aromatic rings. The lowest BCUT2D eigenvalue weighted by molar-refractivity contribution is -0.191. The lowest BCUT2D eigenvalue weighted by Crippen LogP contribution is -2.48. The Morgan fingerprint density at radius 2 is 0.776 bits per heavy atom. The Balaban J connectivity index is 0.000000870. The van der Waals surface area contributed by atoms with Crippen molar-refractivity contribution < 1.29 is 71.6 Å². The van der Waals surface area contributed by atoms with Gasteiger partial charge in [-0.2, -0.15) is 27.9 Å². The Bertz CT molecular complexity index is 6310. The fraction of sp³-hybridized carbons (Fsp3) is 0.505. The number of nitrogens with one attached hydrogen (secondary N) is 3. The zero-order valence-corrected chi connectivity index (χ0v) is 93.0. The van der Waals surface area contributed by atoms with E-state index in [9.17, 15) is 91.5 Å². The standard InChI is InChI=1S/C21H30N2O5Si.C19H23N2O6P.C18H22N2O3.C17H20N2O4.C12H22N2O2.C11H18N2O2.C6H15N.C2H6O.CO2/c1-15-12-22(17(13-24)14-28-29(5,6)21(2,3)4)20(27)23(18(15)25)19(26)16-10-8-7-9-11-16;1-12-11-20(13(2)10-14(3)26-15(4)27-28-25)19(24)21(17(12)22)18(23)16-8-6-5-7-9-16;1-12(2)10-14(4)19-11-13(3)16(21)20(18(19)23)17(22)15-8-6-5-7-9-15;1-11-10-18(12(2)9-13(3)20)17(23)19(15(11)21)16(22)14-7-5-4-6-8-14;1-6-9(4)11(15)14-12(16)13-10(5)7-8(2)3;1-7(2)5-9(4)13-6-8(3)10(14)12-11(13)15;1-5(2)4-6(3)7;1-3-2;2-1-3/h7-12,17,24H,13-14H2,1-6H3;5-9,11,13-15H,10H2,1-4H3;5-9,11-12,14H,10H2,1-4H3;4-8,10,12-13,20H,9H2,1-3H3;6,8,10H,7H2,1-5H3,(H2,13,14,15,16);6-7,9H,5H2,1-4H3,(H,12,14,15);5-6H,4,7H2,1-3H3;1-2H3;/b;;;;9-6+;;;;. The first-order valence-electron chi connectivity index (χ1n) is 48.6. The molecule has 0 aliphatic heterocycles. The number of carbonyl (C=O) groups is 6. The van der Waals surface area contributed by atoms with Gasteiger partial charge in [0.15, 0.2) is 14.6 Å². The molecule has 10 atom stereocenters. The topological polar surface area (TPSA) is 512 Å². The molecule has 0 fully saturated rings. The Labute approximate surface area is 861 Å². The van der Waals surface area contributed by atoms with Crippen molar-refractivity contribution in [1.29, 1.82) is 0 Å². The fourth-order valence-electron chi connectivity index (χ4n) is 14.6. The number of amides is 3. The second-order valence-electron chi connectivity index (χ2n) is 39.3. The van der Waals surface area contributed by atoms with E-state index >= 15 is 0 Å². The number of nitrogens with zero attached hydrogens (tertiary/aromatic N) is 9.